The number of halogens is 1. The van der Waals surface area contributed by atoms with Gasteiger partial charge in [0.1, 0.15) is 28.9 Å². The summed E-state index contributed by atoms with van der Waals surface area (Å²) < 4.78 is 63.3. The van der Waals surface area contributed by atoms with Crippen LogP contribution in [0.15, 0.2) is 24.4 Å². The van der Waals surface area contributed by atoms with Crippen molar-refractivity contribution in [2.75, 3.05) is 55.9 Å². The topological polar surface area (TPSA) is 142 Å². The summed E-state index contributed by atoms with van der Waals surface area (Å²) in [4.78, 5) is 27.8. The van der Waals surface area contributed by atoms with Crippen LogP contribution in [-0.4, -0.2) is 81.7 Å². The van der Waals surface area contributed by atoms with E-state index in [-0.39, 0.29) is 35.3 Å². The van der Waals surface area contributed by atoms with Gasteiger partial charge in [0, 0.05) is 36.3 Å². The fourth-order valence-electron chi connectivity index (χ4n) is 4.68. The molecule has 14 heteroatoms. The predicted molar refractivity (Wildman–Crippen MR) is 145 cm³/mol. The number of esters is 1. The number of ether oxygens (including phenoxy) is 4. The van der Waals surface area contributed by atoms with Gasteiger partial charge in [-0.25, -0.2) is 27.8 Å². The Labute approximate surface area is 230 Å². The molecule has 2 fully saturated rings. The summed E-state index contributed by atoms with van der Waals surface area (Å²) in [5.41, 5.74) is 1.23. The quantitative estimate of drug-likeness (QED) is 0.376. The largest absolute Gasteiger partial charge is 0.488 e. The minimum absolute atomic E-state index is 0.0669. The fourth-order valence-corrected chi connectivity index (χ4v) is 5.23. The number of hydrogen-bond acceptors (Lipinski definition) is 11. The highest BCUT2D eigenvalue weighted by Crippen LogP contribution is 2.39. The molecule has 3 heterocycles. The Morgan fingerprint density at radius 2 is 1.95 bits per heavy atom. The molecule has 12 nitrogen and oxygen atoms in total. The van der Waals surface area contributed by atoms with E-state index in [2.05, 4.69) is 9.71 Å². The third kappa shape index (κ3) is 6.02. The second-order valence-electron chi connectivity index (χ2n) is 9.59. The van der Waals surface area contributed by atoms with Crippen molar-refractivity contribution in [1.29, 1.82) is 0 Å². The van der Waals surface area contributed by atoms with E-state index in [1.807, 2.05) is 4.90 Å². The Hall–Kier alpha value is -3.78. The Bertz CT molecular complexity index is 1530. The molecule has 0 spiro atoms. The number of nitrogens with zero attached hydrogens (tertiary/aromatic N) is 4. The summed E-state index contributed by atoms with van der Waals surface area (Å²) in [5.74, 6) is -0.424. The van der Waals surface area contributed by atoms with Crippen molar-refractivity contribution in [1.82, 2.24) is 15.0 Å². The van der Waals surface area contributed by atoms with E-state index in [4.69, 9.17) is 28.9 Å². The van der Waals surface area contributed by atoms with Crippen LogP contribution in [0.2, 0.25) is 0 Å². The predicted octanol–water partition coefficient (Wildman–Crippen LogP) is 2.77. The highest BCUT2D eigenvalue weighted by atomic mass is 32.2. The highest BCUT2D eigenvalue weighted by Gasteiger charge is 2.37. The Morgan fingerprint density at radius 3 is 2.62 bits per heavy atom. The minimum atomic E-state index is -3.65. The van der Waals surface area contributed by atoms with E-state index in [0.29, 0.717) is 73.9 Å². The van der Waals surface area contributed by atoms with Crippen molar-refractivity contribution in [3.63, 3.8) is 0 Å². The van der Waals surface area contributed by atoms with Gasteiger partial charge in [0.05, 0.1) is 44.8 Å². The van der Waals surface area contributed by atoms with Crippen LogP contribution >= 0.6 is 0 Å². The molecule has 2 aromatic heterocycles. The smallest absolute Gasteiger partial charge is 0.309 e. The van der Waals surface area contributed by atoms with Crippen LogP contribution in [-0.2, 0) is 24.3 Å². The highest BCUT2D eigenvalue weighted by molar-refractivity contribution is 7.92. The Kier molecular flexibility index (Phi) is 7.90. The van der Waals surface area contributed by atoms with Gasteiger partial charge in [-0.15, -0.1) is 0 Å². The van der Waals surface area contributed by atoms with Crippen molar-refractivity contribution >= 4 is 38.5 Å². The number of benzene rings is 1. The lowest BCUT2D eigenvalue weighted by Gasteiger charge is -2.34. The second kappa shape index (κ2) is 11.4. The molecule has 0 atom stereocenters. The Morgan fingerprint density at radius 1 is 1.20 bits per heavy atom. The molecule has 0 radical (unpaired) electrons. The number of fused-ring (bicyclic) bond motifs is 1. The van der Waals surface area contributed by atoms with Crippen molar-refractivity contribution < 1.29 is 36.6 Å². The van der Waals surface area contributed by atoms with Crippen LogP contribution in [0.25, 0.3) is 22.2 Å². The molecule has 40 heavy (non-hydrogen) atoms. The van der Waals surface area contributed by atoms with Gasteiger partial charge in [0.25, 0.3) is 0 Å². The molecule has 1 aliphatic heterocycles. The van der Waals surface area contributed by atoms with Crippen LogP contribution in [0.1, 0.15) is 19.8 Å². The van der Waals surface area contributed by atoms with Crippen LogP contribution in [0.3, 0.4) is 0 Å². The second-order valence-corrected chi connectivity index (χ2v) is 11.3. The first kappa shape index (κ1) is 27.8. The molecular weight excluding hydrogens is 545 g/mol. The molecule has 1 aliphatic carbocycles. The van der Waals surface area contributed by atoms with Crippen LogP contribution in [0.5, 0.6) is 11.6 Å². The van der Waals surface area contributed by atoms with Crippen molar-refractivity contribution in [2.24, 2.45) is 5.92 Å². The molecule has 1 saturated heterocycles. The number of methoxy groups -OCH3 is 1. The number of anilines is 2. The standard InChI is InChI=1S/C26H30FN5O7S/c1-4-38-25(33)15-9-18(10-15)39-21-13-17(27)12-19-22(29-26(30-23(19)21)32-5-7-37-8-6-32)16-11-20(31-40(3,34)35)24(36-2)28-14-16/h11-15,18,31H,4-10H2,1-3H3. The number of carbonyl (C=O) groups excluding carboxylic acids is 1. The number of nitrogens with one attached hydrogen (secondary N) is 1. The average molecular weight is 576 g/mol. The van der Waals surface area contributed by atoms with E-state index in [9.17, 15) is 17.6 Å². The van der Waals surface area contributed by atoms with Crippen molar-refractivity contribution in [3.8, 4) is 22.9 Å². The summed E-state index contributed by atoms with van der Waals surface area (Å²) in [6, 6.07) is 4.10. The normalized spacial score (nSPS) is 19.1. The molecule has 0 bridgehead atoms. The summed E-state index contributed by atoms with van der Waals surface area (Å²) >= 11 is 0. The lowest BCUT2D eigenvalue weighted by atomic mass is 9.82. The summed E-state index contributed by atoms with van der Waals surface area (Å²) in [7, 11) is -2.28. The van der Waals surface area contributed by atoms with E-state index < -0.39 is 15.8 Å². The molecule has 214 valence electrons. The van der Waals surface area contributed by atoms with Gasteiger partial charge >= 0.3 is 5.97 Å². The zero-order valence-corrected chi connectivity index (χ0v) is 23.2. The third-order valence-electron chi connectivity index (χ3n) is 6.63. The van der Waals surface area contributed by atoms with Crippen LogP contribution in [0, 0.1) is 11.7 Å². The van der Waals surface area contributed by atoms with Crippen molar-refractivity contribution in [2.45, 2.75) is 25.9 Å². The van der Waals surface area contributed by atoms with Crippen LogP contribution in [0.4, 0.5) is 16.0 Å². The van der Waals surface area contributed by atoms with Crippen LogP contribution < -0.4 is 19.1 Å². The van der Waals surface area contributed by atoms with Gasteiger partial charge in [-0.1, -0.05) is 0 Å². The zero-order chi connectivity index (χ0) is 28.4. The molecule has 0 amide bonds. The van der Waals surface area contributed by atoms with Gasteiger partial charge < -0.3 is 23.8 Å². The van der Waals surface area contributed by atoms with Crippen molar-refractivity contribution in [3.05, 3.63) is 30.2 Å². The third-order valence-corrected chi connectivity index (χ3v) is 7.22. The SMILES string of the molecule is CCOC(=O)C1CC(Oc2cc(F)cc3c(-c4cnc(OC)c(NS(C)(=O)=O)c4)nc(N4CCOCC4)nc23)C1. The lowest BCUT2D eigenvalue weighted by Crippen LogP contribution is -2.39. The number of rotatable bonds is 9. The zero-order valence-electron chi connectivity index (χ0n) is 22.3. The fraction of sp³-hybridized carbons (Fsp3) is 0.462. The molecular formula is C26H30FN5O7S. The van der Waals surface area contributed by atoms with E-state index in [0.717, 1.165) is 6.26 Å². The number of sulfonamides is 1. The van der Waals surface area contributed by atoms with E-state index in [1.165, 1.54) is 31.5 Å². The van der Waals surface area contributed by atoms with Gasteiger partial charge in [-0.3, -0.25) is 9.52 Å². The maximum absolute atomic E-state index is 15.0. The van der Waals surface area contributed by atoms with E-state index in [1.54, 1.807) is 6.92 Å². The average Bonchev–Trinajstić information content (AvgIpc) is 2.89. The first-order chi connectivity index (χ1) is 19.1. The molecule has 1 aromatic carbocycles. The molecule has 3 aromatic rings. The molecule has 5 rings (SSSR count). The lowest BCUT2D eigenvalue weighted by molar-refractivity contribution is -0.154. The maximum atomic E-state index is 15.0. The van der Waals surface area contributed by atoms with Gasteiger partial charge in [0.15, 0.2) is 0 Å². The number of hydrogen-bond donors (Lipinski definition) is 1. The maximum Gasteiger partial charge on any atom is 0.309 e. The first-order valence-electron chi connectivity index (χ1n) is 12.8. The summed E-state index contributed by atoms with van der Waals surface area (Å²) in [6.07, 6.45) is 3.08. The van der Waals surface area contributed by atoms with Gasteiger partial charge in [-0.2, -0.15) is 0 Å². The summed E-state index contributed by atoms with van der Waals surface area (Å²) in [5, 5.41) is 0.352. The number of morpholine rings is 1. The molecule has 1 saturated carbocycles. The monoisotopic (exact) mass is 575 g/mol. The van der Waals surface area contributed by atoms with E-state index >= 15 is 0 Å². The minimum Gasteiger partial charge on any atom is -0.488 e. The molecule has 1 N–H and O–H groups in total. The van der Waals surface area contributed by atoms with Gasteiger partial charge in [-0.05, 0) is 31.9 Å². The van der Waals surface area contributed by atoms with Gasteiger partial charge in [0.2, 0.25) is 21.9 Å². The molecule has 2 aliphatic rings. The number of pyridine rings is 1. The Balaban J connectivity index is 1.60. The first-order valence-corrected chi connectivity index (χ1v) is 14.7. The number of aromatic nitrogens is 3. The number of carbonyl (C=O) groups is 1. The molecule has 0 unspecified atom stereocenters. The summed E-state index contributed by atoms with van der Waals surface area (Å²) in [6.45, 7) is 4.15.